The van der Waals surface area contributed by atoms with Gasteiger partial charge in [0, 0.05) is 16.3 Å². The third-order valence-corrected chi connectivity index (χ3v) is 5.68. The topological polar surface area (TPSA) is 88.4 Å². The molecule has 0 aliphatic rings. The van der Waals surface area contributed by atoms with E-state index < -0.39 is 10.0 Å². The first-order valence-electron chi connectivity index (χ1n) is 7.74. The van der Waals surface area contributed by atoms with Gasteiger partial charge < -0.3 is 9.73 Å². The summed E-state index contributed by atoms with van der Waals surface area (Å²) in [6, 6.07) is 13.6. The lowest BCUT2D eigenvalue weighted by atomic mass is 10.2. The van der Waals surface area contributed by atoms with Gasteiger partial charge in [0.2, 0.25) is 0 Å². The van der Waals surface area contributed by atoms with Gasteiger partial charge in [0.1, 0.15) is 10.7 Å². The van der Waals surface area contributed by atoms with Crippen molar-refractivity contribution in [1.29, 1.82) is 0 Å². The zero-order valence-corrected chi connectivity index (χ0v) is 16.1. The number of rotatable bonds is 6. The van der Waals surface area contributed by atoms with Crippen LogP contribution in [0.15, 0.2) is 70.2 Å². The minimum atomic E-state index is -3.92. The van der Waals surface area contributed by atoms with E-state index in [1.807, 2.05) is 0 Å². The SMILES string of the molecule is O=C(NCc1ccco1)c1ccc(NS(=O)(=O)c2cc(Cl)ccc2Cl)cc1. The van der Waals surface area contributed by atoms with Crippen molar-refractivity contribution in [2.45, 2.75) is 11.4 Å². The second-order valence-electron chi connectivity index (χ2n) is 5.52. The first-order valence-corrected chi connectivity index (χ1v) is 9.97. The standard InChI is InChI=1S/C18H14Cl2N2O4S/c19-13-5-8-16(20)17(10-13)27(24,25)22-14-6-3-12(4-7-14)18(23)21-11-15-2-1-9-26-15/h1-10,22H,11H2,(H,21,23). The lowest BCUT2D eigenvalue weighted by Crippen LogP contribution is -2.22. The fourth-order valence-electron chi connectivity index (χ4n) is 2.27. The minimum absolute atomic E-state index is 0.0563. The van der Waals surface area contributed by atoms with Gasteiger partial charge in [0.05, 0.1) is 17.8 Å². The third-order valence-electron chi connectivity index (χ3n) is 3.59. The van der Waals surface area contributed by atoms with Gasteiger partial charge in [-0.3, -0.25) is 9.52 Å². The number of amides is 1. The van der Waals surface area contributed by atoms with Crippen LogP contribution in [0.5, 0.6) is 0 Å². The second-order valence-corrected chi connectivity index (χ2v) is 8.01. The molecule has 0 unspecified atom stereocenters. The summed E-state index contributed by atoms with van der Waals surface area (Å²) in [6.07, 6.45) is 1.52. The van der Waals surface area contributed by atoms with Crippen LogP contribution in [0.1, 0.15) is 16.1 Å². The van der Waals surface area contributed by atoms with Gasteiger partial charge in [-0.05, 0) is 54.6 Å². The first kappa shape index (κ1) is 19.3. The highest BCUT2D eigenvalue weighted by Crippen LogP contribution is 2.26. The van der Waals surface area contributed by atoms with Crippen LogP contribution in [0.4, 0.5) is 5.69 Å². The maximum atomic E-state index is 12.5. The molecule has 2 aromatic carbocycles. The van der Waals surface area contributed by atoms with Crippen molar-refractivity contribution < 1.29 is 17.6 Å². The maximum absolute atomic E-state index is 12.5. The highest BCUT2D eigenvalue weighted by Gasteiger charge is 2.19. The largest absolute Gasteiger partial charge is 0.467 e. The van der Waals surface area contributed by atoms with Crippen molar-refractivity contribution in [2.24, 2.45) is 0 Å². The normalized spacial score (nSPS) is 11.2. The van der Waals surface area contributed by atoms with Crippen LogP contribution in [0.2, 0.25) is 10.0 Å². The molecule has 140 valence electrons. The number of furan rings is 1. The van der Waals surface area contributed by atoms with Crippen molar-refractivity contribution >= 4 is 44.8 Å². The predicted molar refractivity (Wildman–Crippen MR) is 104 cm³/mol. The summed E-state index contributed by atoms with van der Waals surface area (Å²) in [4.78, 5) is 12.0. The van der Waals surface area contributed by atoms with Crippen LogP contribution in [0, 0.1) is 0 Å². The summed E-state index contributed by atoms with van der Waals surface area (Å²) in [5.41, 5.74) is 0.666. The third kappa shape index (κ3) is 4.82. The van der Waals surface area contributed by atoms with Crippen LogP contribution in [0.25, 0.3) is 0 Å². The van der Waals surface area contributed by atoms with E-state index >= 15 is 0 Å². The van der Waals surface area contributed by atoms with E-state index in [9.17, 15) is 13.2 Å². The van der Waals surface area contributed by atoms with Crippen molar-refractivity contribution in [3.63, 3.8) is 0 Å². The molecule has 0 atom stereocenters. The van der Waals surface area contributed by atoms with Crippen LogP contribution >= 0.6 is 23.2 Å². The lowest BCUT2D eigenvalue weighted by Gasteiger charge is -2.10. The van der Waals surface area contributed by atoms with Crippen LogP contribution in [0.3, 0.4) is 0 Å². The van der Waals surface area contributed by atoms with E-state index in [1.54, 1.807) is 12.1 Å². The molecule has 6 nitrogen and oxygen atoms in total. The van der Waals surface area contributed by atoms with Gasteiger partial charge in [0.25, 0.3) is 15.9 Å². The van der Waals surface area contributed by atoms with E-state index in [2.05, 4.69) is 10.0 Å². The van der Waals surface area contributed by atoms with E-state index in [1.165, 1.54) is 48.7 Å². The Morgan fingerprint density at radius 3 is 2.44 bits per heavy atom. The Hall–Kier alpha value is -2.48. The Labute approximate surface area is 166 Å². The molecule has 0 spiro atoms. The fraction of sp³-hybridized carbons (Fsp3) is 0.0556. The number of anilines is 1. The maximum Gasteiger partial charge on any atom is 0.263 e. The summed E-state index contributed by atoms with van der Waals surface area (Å²) in [5.74, 6) is 0.324. The zero-order chi connectivity index (χ0) is 19.4. The fourth-order valence-corrected chi connectivity index (χ4v) is 4.09. The van der Waals surface area contributed by atoms with Gasteiger partial charge in [0.15, 0.2) is 0 Å². The van der Waals surface area contributed by atoms with E-state index in [0.717, 1.165) is 0 Å². The van der Waals surface area contributed by atoms with E-state index in [4.69, 9.17) is 27.6 Å². The van der Waals surface area contributed by atoms with Gasteiger partial charge in [-0.15, -0.1) is 0 Å². The molecule has 0 saturated carbocycles. The summed E-state index contributed by atoms with van der Waals surface area (Å²) < 4.78 is 32.5. The molecule has 0 saturated heterocycles. The molecule has 0 aliphatic heterocycles. The monoisotopic (exact) mass is 424 g/mol. The highest BCUT2D eigenvalue weighted by atomic mass is 35.5. The molecule has 0 radical (unpaired) electrons. The molecular formula is C18H14Cl2N2O4S. The van der Waals surface area contributed by atoms with Gasteiger partial charge in [-0.1, -0.05) is 23.2 Å². The Kier molecular flexibility index (Phi) is 5.74. The molecular weight excluding hydrogens is 411 g/mol. The Morgan fingerprint density at radius 1 is 1.04 bits per heavy atom. The first-order chi connectivity index (χ1) is 12.8. The molecule has 1 aromatic heterocycles. The zero-order valence-electron chi connectivity index (χ0n) is 13.8. The van der Waals surface area contributed by atoms with Gasteiger partial charge in [-0.25, -0.2) is 8.42 Å². The lowest BCUT2D eigenvalue weighted by molar-refractivity contribution is 0.0948. The summed E-state index contributed by atoms with van der Waals surface area (Å²) >= 11 is 11.8. The van der Waals surface area contributed by atoms with Crippen LogP contribution < -0.4 is 10.0 Å². The number of nitrogens with one attached hydrogen (secondary N) is 2. The molecule has 9 heteroatoms. The molecule has 3 rings (SSSR count). The molecule has 27 heavy (non-hydrogen) atoms. The predicted octanol–water partition coefficient (Wildman–Crippen LogP) is 4.32. The summed E-state index contributed by atoms with van der Waals surface area (Å²) in [5, 5.41) is 3.01. The van der Waals surface area contributed by atoms with Crippen LogP contribution in [-0.4, -0.2) is 14.3 Å². The quantitative estimate of drug-likeness (QED) is 0.616. The molecule has 2 N–H and O–H groups in total. The van der Waals surface area contributed by atoms with Crippen molar-refractivity contribution in [1.82, 2.24) is 5.32 Å². The highest BCUT2D eigenvalue weighted by molar-refractivity contribution is 7.92. The Bertz CT molecular complexity index is 1050. The van der Waals surface area contributed by atoms with Crippen molar-refractivity contribution in [3.05, 3.63) is 82.2 Å². The van der Waals surface area contributed by atoms with Crippen LogP contribution in [-0.2, 0) is 16.6 Å². The molecule has 3 aromatic rings. The number of hydrogen-bond acceptors (Lipinski definition) is 4. The molecule has 1 heterocycles. The minimum Gasteiger partial charge on any atom is -0.467 e. The number of benzene rings is 2. The molecule has 0 fully saturated rings. The van der Waals surface area contributed by atoms with E-state index in [0.29, 0.717) is 11.3 Å². The second kappa shape index (κ2) is 8.04. The number of hydrogen-bond donors (Lipinski definition) is 2. The van der Waals surface area contributed by atoms with Gasteiger partial charge >= 0.3 is 0 Å². The molecule has 0 aliphatic carbocycles. The number of carbonyl (C=O) groups is 1. The smallest absolute Gasteiger partial charge is 0.263 e. The number of sulfonamides is 1. The molecule has 1 amide bonds. The Morgan fingerprint density at radius 2 is 1.78 bits per heavy atom. The average Bonchev–Trinajstić information content (AvgIpc) is 3.15. The molecule has 0 bridgehead atoms. The van der Waals surface area contributed by atoms with Gasteiger partial charge in [-0.2, -0.15) is 0 Å². The number of carbonyl (C=O) groups excluding carboxylic acids is 1. The van der Waals surface area contributed by atoms with Crippen molar-refractivity contribution in [2.75, 3.05) is 4.72 Å². The average molecular weight is 425 g/mol. The number of halogens is 2. The summed E-state index contributed by atoms with van der Waals surface area (Å²) in [6.45, 7) is 0.257. The van der Waals surface area contributed by atoms with Crippen molar-refractivity contribution in [3.8, 4) is 0 Å². The summed E-state index contributed by atoms with van der Waals surface area (Å²) in [7, 11) is -3.92. The Balaban J connectivity index is 1.69. The van der Waals surface area contributed by atoms with E-state index in [-0.39, 0.29) is 33.1 Å².